The molecule has 0 spiro atoms. The molecule has 2 heterocycles. The van der Waals surface area contributed by atoms with Gasteiger partial charge in [0, 0.05) is 23.4 Å². The van der Waals surface area contributed by atoms with Crippen molar-refractivity contribution in [1.29, 1.82) is 0 Å². The molecule has 0 atom stereocenters. The molecule has 0 saturated heterocycles. The summed E-state index contributed by atoms with van der Waals surface area (Å²) in [5, 5.41) is 0. The third-order valence-corrected chi connectivity index (χ3v) is 8.66. The van der Waals surface area contributed by atoms with Crippen LogP contribution in [0.15, 0.2) is 107 Å². The van der Waals surface area contributed by atoms with E-state index in [1.165, 1.54) is 12.1 Å². The Kier molecular flexibility index (Phi) is 7.13. The molecule has 0 bridgehead atoms. The quantitative estimate of drug-likeness (QED) is 0.281. The Morgan fingerprint density at radius 1 is 0.744 bits per heavy atom. The second kappa shape index (κ2) is 10.5. The molecule has 9 nitrogen and oxygen atoms in total. The molecule has 0 aliphatic carbocycles. The number of hydrogen-bond donors (Lipinski definition) is 1. The number of pyridine rings is 1. The predicted molar refractivity (Wildman–Crippen MR) is 148 cm³/mol. The lowest BCUT2D eigenvalue weighted by Crippen LogP contribution is -2.33. The Morgan fingerprint density at radius 2 is 1.33 bits per heavy atom. The van der Waals surface area contributed by atoms with E-state index >= 15 is 0 Å². The van der Waals surface area contributed by atoms with Crippen LogP contribution in [0.5, 0.6) is 0 Å². The minimum Gasteiger partial charge on any atom is -0.425 e. The van der Waals surface area contributed by atoms with Gasteiger partial charge in [0.25, 0.3) is 0 Å². The number of nitrogens with zero attached hydrogens (tertiary/aromatic N) is 4. The van der Waals surface area contributed by atoms with Gasteiger partial charge in [-0.1, -0.05) is 59.7 Å². The molecule has 1 N–H and O–H groups in total. The molecule has 5 aromatic rings. The molecule has 0 amide bonds. The van der Waals surface area contributed by atoms with Crippen molar-refractivity contribution in [2.75, 3.05) is 0 Å². The van der Waals surface area contributed by atoms with Crippen LogP contribution in [0.25, 0.3) is 21.6 Å². The highest BCUT2D eigenvalue weighted by atomic mass is 32.2. The Bertz CT molecular complexity index is 1870. The van der Waals surface area contributed by atoms with Gasteiger partial charge in [0.05, 0.1) is 16.0 Å². The highest BCUT2D eigenvalue weighted by molar-refractivity contribution is 7.94. The maximum Gasteiger partial charge on any atom is 0.327 e. The van der Waals surface area contributed by atoms with Gasteiger partial charge in [-0.3, -0.25) is 0 Å². The maximum atomic E-state index is 13.1. The Morgan fingerprint density at radius 3 is 1.97 bits per heavy atom. The molecule has 0 aliphatic heterocycles. The SMILES string of the molecule is Cc1ccc(S(=O)(=O)[N-]c2nc3ccccc3nc2-[n+]2cccc(CNS(=O)(=O)c3ccc(C)cc3)c2)cc1. The van der Waals surface area contributed by atoms with Gasteiger partial charge in [0.15, 0.2) is 5.52 Å². The average molecular weight is 560 g/mol. The van der Waals surface area contributed by atoms with E-state index in [4.69, 9.17) is 0 Å². The van der Waals surface area contributed by atoms with Crippen LogP contribution in [-0.4, -0.2) is 26.8 Å². The van der Waals surface area contributed by atoms with Crippen LogP contribution in [0.1, 0.15) is 16.7 Å². The molecule has 0 saturated carbocycles. The second-order valence-electron chi connectivity index (χ2n) is 9.00. The highest BCUT2D eigenvalue weighted by Crippen LogP contribution is 2.30. The molecule has 5 rings (SSSR count). The van der Waals surface area contributed by atoms with Crippen LogP contribution in [0.3, 0.4) is 0 Å². The van der Waals surface area contributed by atoms with Crippen molar-refractivity contribution in [2.45, 2.75) is 30.2 Å². The van der Waals surface area contributed by atoms with Crippen molar-refractivity contribution in [3.05, 3.63) is 119 Å². The monoisotopic (exact) mass is 559 g/mol. The zero-order valence-corrected chi connectivity index (χ0v) is 22.8. The number of rotatable bonds is 8. The van der Waals surface area contributed by atoms with Crippen LogP contribution < -0.4 is 9.29 Å². The van der Waals surface area contributed by atoms with Gasteiger partial charge in [-0.2, -0.15) is 0 Å². The fraction of sp³-hybridized carbons (Fsp3) is 0.107. The summed E-state index contributed by atoms with van der Waals surface area (Å²) < 4.78 is 60.0. The van der Waals surface area contributed by atoms with Crippen LogP contribution in [0.4, 0.5) is 5.82 Å². The van der Waals surface area contributed by atoms with E-state index in [0.29, 0.717) is 16.6 Å². The number of aromatic nitrogens is 3. The maximum absolute atomic E-state index is 13.1. The fourth-order valence-electron chi connectivity index (χ4n) is 3.83. The van der Waals surface area contributed by atoms with E-state index in [1.807, 2.05) is 19.9 Å². The number of benzene rings is 3. The van der Waals surface area contributed by atoms with E-state index in [9.17, 15) is 16.8 Å². The highest BCUT2D eigenvalue weighted by Gasteiger charge is 2.19. The Hall–Kier alpha value is -4.19. The van der Waals surface area contributed by atoms with Gasteiger partial charge >= 0.3 is 5.82 Å². The van der Waals surface area contributed by atoms with Crippen LogP contribution in [0, 0.1) is 13.8 Å². The van der Waals surface area contributed by atoms with E-state index in [-0.39, 0.29) is 28.0 Å². The molecule has 0 aliphatic rings. The summed E-state index contributed by atoms with van der Waals surface area (Å²) in [4.78, 5) is 9.35. The van der Waals surface area contributed by atoms with Crippen LogP contribution >= 0.6 is 0 Å². The van der Waals surface area contributed by atoms with Crippen LogP contribution in [0.2, 0.25) is 0 Å². The third-order valence-electron chi connectivity index (χ3n) is 5.96. The van der Waals surface area contributed by atoms with E-state index in [1.54, 1.807) is 83.7 Å². The van der Waals surface area contributed by atoms with Crippen LogP contribution in [-0.2, 0) is 26.6 Å². The Balaban J connectivity index is 1.49. The first-order valence-corrected chi connectivity index (χ1v) is 14.9. The lowest BCUT2D eigenvalue weighted by atomic mass is 10.2. The minimum absolute atomic E-state index is 0.00615. The first-order chi connectivity index (χ1) is 18.6. The molecule has 11 heteroatoms. The van der Waals surface area contributed by atoms with Gasteiger partial charge in [-0.15, -0.1) is 0 Å². The summed E-state index contributed by atoms with van der Waals surface area (Å²) >= 11 is 0. The summed E-state index contributed by atoms with van der Waals surface area (Å²) in [5.74, 6) is 0.101. The molecule has 39 heavy (non-hydrogen) atoms. The lowest BCUT2D eigenvalue weighted by Gasteiger charge is -2.17. The standard InChI is InChI=1S/C28H25N5O4S2/c1-20-9-13-23(14-10-20)38(34,35)29-18-22-6-5-17-33(19-22)28-27(30-25-7-3-4-8-26(25)31-28)32-39(36,37)24-15-11-21(2)12-16-24/h3-17,19,29H,18H2,1-2H3. The topological polar surface area (TPSA) is 124 Å². The first-order valence-electron chi connectivity index (χ1n) is 12.0. The number of sulfonamides is 2. The number of nitrogens with one attached hydrogen (secondary N) is 1. The van der Waals surface area contributed by atoms with Crippen molar-refractivity contribution >= 4 is 36.9 Å². The molecule has 0 fully saturated rings. The lowest BCUT2D eigenvalue weighted by molar-refractivity contribution is -0.599. The molecule has 198 valence electrons. The molecule has 0 unspecified atom stereocenters. The van der Waals surface area contributed by atoms with Crippen molar-refractivity contribution in [2.24, 2.45) is 0 Å². The largest absolute Gasteiger partial charge is 0.425 e. The van der Waals surface area contributed by atoms with E-state index < -0.39 is 20.0 Å². The minimum atomic E-state index is -4.09. The molecule has 2 aromatic heterocycles. The van der Waals surface area contributed by atoms with Gasteiger partial charge < -0.3 is 9.71 Å². The molecular weight excluding hydrogens is 534 g/mol. The number of para-hydroxylation sites is 2. The van der Waals surface area contributed by atoms with Gasteiger partial charge in [0.2, 0.25) is 20.0 Å². The van der Waals surface area contributed by atoms with E-state index in [2.05, 4.69) is 19.4 Å². The summed E-state index contributed by atoms with van der Waals surface area (Å²) in [7, 11) is -7.82. The molecular formula is C28H25N5O4S2. The Labute approximate surface area is 227 Å². The predicted octanol–water partition coefficient (Wildman–Crippen LogP) is 4.40. The summed E-state index contributed by atoms with van der Waals surface area (Å²) in [6, 6.07) is 23.5. The molecule has 3 aromatic carbocycles. The summed E-state index contributed by atoms with van der Waals surface area (Å²) in [5.41, 5.74) is 3.54. The van der Waals surface area contributed by atoms with Crippen molar-refractivity contribution in [3.8, 4) is 5.82 Å². The van der Waals surface area contributed by atoms with Gasteiger partial charge in [-0.05, 0) is 55.2 Å². The van der Waals surface area contributed by atoms with Gasteiger partial charge in [0.1, 0.15) is 6.20 Å². The zero-order chi connectivity index (χ0) is 27.6. The number of hydrogen-bond acceptors (Lipinski definition) is 6. The van der Waals surface area contributed by atoms with Crippen molar-refractivity contribution < 1.29 is 21.4 Å². The van der Waals surface area contributed by atoms with E-state index in [0.717, 1.165) is 11.1 Å². The zero-order valence-electron chi connectivity index (χ0n) is 21.2. The number of aryl methyl sites for hydroxylation is 2. The van der Waals surface area contributed by atoms with Crippen molar-refractivity contribution in [3.63, 3.8) is 0 Å². The van der Waals surface area contributed by atoms with Gasteiger partial charge in [-0.25, -0.2) is 26.1 Å². The summed E-state index contributed by atoms with van der Waals surface area (Å²) in [6.07, 6.45) is 3.34. The fourth-order valence-corrected chi connectivity index (χ4v) is 5.79. The smallest absolute Gasteiger partial charge is 0.327 e. The third kappa shape index (κ3) is 5.95. The normalized spacial score (nSPS) is 11.9. The first kappa shape index (κ1) is 26.4. The molecule has 0 radical (unpaired) electrons. The average Bonchev–Trinajstić information content (AvgIpc) is 2.92. The van der Waals surface area contributed by atoms with Crippen molar-refractivity contribution in [1.82, 2.24) is 14.7 Å². The summed E-state index contributed by atoms with van der Waals surface area (Å²) in [6.45, 7) is 3.76. The number of fused-ring (bicyclic) bond motifs is 1. The second-order valence-corrected chi connectivity index (χ2v) is 12.4.